The standard InChI is InChI=1S/C11H8N4O2/c1-6-14-10(15-17-6)7-2-3-9-8(4-7)11(16)13-5-12-9/h2-5H,1H3,(H,12,13,16). The minimum atomic E-state index is -0.183. The maximum absolute atomic E-state index is 11.6. The number of hydrogen-bond donors (Lipinski definition) is 1. The Morgan fingerprint density at radius 1 is 1.35 bits per heavy atom. The average Bonchev–Trinajstić information content (AvgIpc) is 2.76. The molecule has 0 radical (unpaired) electrons. The molecule has 0 saturated carbocycles. The number of aromatic nitrogens is 4. The molecule has 0 atom stereocenters. The number of nitrogens with one attached hydrogen (secondary N) is 1. The van der Waals surface area contributed by atoms with Crippen molar-refractivity contribution < 1.29 is 4.52 Å². The zero-order valence-electron chi connectivity index (χ0n) is 8.97. The molecule has 0 unspecified atom stereocenters. The fourth-order valence-corrected chi connectivity index (χ4v) is 1.62. The number of nitrogens with zero attached hydrogens (tertiary/aromatic N) is 3. The summed E-state index contributed by atoms with van der Waals surface area (Å²) in [4.78, 5) is 22.3. The molecule has 0 aliphatic rings. The van der Waals surface area contributed by atoms with Gasteiger partial charge < -0.3 is 9.51 Å². The van der Waals surface area contributed by atoms with Crippen LogP contribution < -0.4 is 5.56 Å². The normalized spacial score (nSPS) is 10.9. The predicted molar refractivity (Wildman–Crippen MR) is 60.4 cm³/mol. The molecular weight excluding hydrogens is 220 g/mol. The number of H-pyrrole nitrogens is 1. The van der Waals surface area contributed by atoms with E-state index in [2.05, 4.69) is 20.1 Å². The number of benzene rings is 1. The van der Waals surface area contributed by atoms with Gasteiger partial charge in [0.25, 0.3) is 5.56 Å². The highest BCUT2D eigenvalue weighted by Crippen LogP contribution is 2.18. The third kappa shape index (κ3) is 1.59. The molecule has 0 spiro atoms. The van der Waals surface area contributed by atoms with Crippen LogP contribution in [0, 0.1) is 6.92 Å². The largest absolute Gasteiger partial charge is 0.339 e. The van der Waals surface area contributed by atoms with Crippen LogP contribution in [0.25, 0.3) is 22.3 Å². The van der Waals surface area contributed by atoms with E-state index in [1.807, 2.05) is 0 Å². The lowest BCUT2D eigenvalue weighted by molar-refractivity contribution is 0.394. The number of rotatable bonds is 1. The van der Waals surface area contributed by atoms with Crippen molar-refractivity contribution in [3.63, 3.8) is 0 Å². The lowest BCUT2D eigenvalue weighted by Gasteiger charge is -1.97. The van der Waals surface area contributed by atoms with E-state index in [9.17, 15) is 4.79 Å². The number of aromatic amines is 1. The molecule has 0 aliphatic heterocycles. The van der Waals surface area contributed by atoms with Gasteiger partial charge in [0, 0.05) is 12.5 Å². The first-order valence-corrected chi connectivity index (χ1v) is 5.02. The summed E-state index contributed by atoms with van der Waals surface area (Å²) in [6, 6.07) is 5.26. The van der Waals surface area contributed by atoms with Crippen molar-refractivity contribution >= 4 is 10.9 Å². The second-order valence-electron chi connectivity index (χ2n) is 3.60. The number of aryl methyl sites for hydroxylation is 1. The fraction of sp³-hybridized carbons (Fsp3) is 0.0909. The number of hydrogen-bond acceptors (Lipinski definition) is 5. The van der Waals surface area contributed by atoms with Crippen molar-refractivity contribution in [2.45, 2.75) is 6.92 Å². The van der Waals surface area contributed by atoms with Crippen LogP contribution in [0.4, 0.5) is 0 Å². The zero-order valence-corrected chi connectivity index (χ0v) is 8.97. The molecule has 6 heteroatoms. The van der Waals surface area contributed by atoms with Crippen molar-refractivity contribution in [3.05, 3.63) is 40.8 Å². The third-order valence-electron chi connectivity index (χ3n) is 2.43. The molecule has 17 heavy (non-hydrogen) atoms. The molecule has 1 aromatic carbocycles. The van der Waals surface area contributed by atoms with Gasteiger partial charge in [0.2, 0.25) is 11.7 Å². The smallest absolute Gasteiger partial charge is 0.258 e. The minimum Gasteiger partial charge on any atom is -0.339 e. The van der Waals surface area contributed by atoms with Crippen molar-refractivity contribution in [1.29, 1.82) is 0 Å². The summed E-state index contributed by atoms with van der Waals surface area (Å²) in [7, 11) is 0. The first-order valence-electron chi connectivity index (χ1n) is 5.02. The Kier molecular flexibility index (Phi) is 2.01. The van der Waals surface area contributed by atoms with Gasteiger partial charge in [0.1, 0.15) is 0 Å². The van der Waals surface area contributed by atoms with Crippen LogP contribution in [0.2, 0.25) is 0 Å². The molecule has 2 heterocycles. The van der Waals surface area contributed by atoms with Crippen LogP contribution in [0.3, 0.4) is 0 Å². The Morgan fingerprint density at radius 3 is 3.00 bits per heavy atom. The van der Waals surface area contributed by atoms with Crippen LogP contribution in [-0.2, 0) is 0 Å². The Balaban J connectivity index is 2.26. The van der Waals surface area contributed by atoms with Gasteiger partial charge in [-0.1, -0.05) is 5.16 Å². The van der Waals surface area contributed by atoms with E-state index in [0.29, 0.717) is 22.6 Å². The average molecular weight is 228 g/mol. The van der Waals surface area contributed by atoms with Gasteiger partial charge in [-0.15, -0.1) is 0 Å². The second-order valence-corrected chi connectivity index (χ2v) is 3.60. The van der Waals surface area contributed by atoms with Crippen molar-refractivity contribution in [1.82, 2.24) is 20.1 Å². The van der Waals surface area contributed by atoms with Gasteiger partial charge in [0.05, 0.1) is 17.2 Å². The molecule has 0 aliphatic carbocycles. The molecule has 2 aromatic heterocycles. The van der Waals surface area contributed by atoms with Crippen LogP contribution in [0.1, 0.15) is 5.89 Å². The lowest BCUT2D eigenvalue weighted by atomic mass is 10.1. The molecule has 6 nitrogen and oxygen atoms in total. The van der Waals surface area contributed by atoms with E-state index in [1.165, 1.54) is 6.33 Å². The molecule has 0 bridgehead atoms. The number of fused-ring (bicyclic) bond motifs is 1. The highest BCUT2D eigenvalue weighted by atomic mass is 16.5. The summed E-state index contributed by atoms with van der Waals surface area (Å²) < 4.78 is 4.90. The molecule has 1 N–H and O–H groups in total. The first kappa shape index (κ1) is 9.71. The highest BCUT2D eigenvalue weighted by Gasteiger charge is 2.07. The molecule has 0 amide bonds. The Hall–Kier alpha value is -2.50. The van der Waals surface area contributed by atoms with E-state index in [4.69, 9.17) is 4.52 Å². The van der Waals surface area contributed by atoms with Gasteiger partial charge in [-0.2, -0.15) is 4.98 Å². The van der Waals surface area contributed by atoms with Gasteiger partial charge >= 0.3 is 0 Å². The first-order chi connectivity index (χ1) is 8.24. The third-order valence-corrected chi connectivity index (χ3v) is 2.43. The van der Waals surface area contributed by atoms with Crippen molar-refractivity contribution in [3.8, 4) is 11.4 Å². The fourth-order valence-electron chi connectivity index (χ4n) is 1.62. The lowest BCUT2D eigenvalue weighted by Crippen LogP contribution is -2.06. The minimum absolute atomic E-state index is 0.183. The van der Waals surface area contributed by atoms with Crippen molar-refractivity contribution in [2.75, 3.05) is 0 Å². The SMILES string of the molecule is Cc1nc(-c2ccc3nc[nH]c(=O)c3c2)no1. The summed E-state index contributed by atoms with van der Waals surface area (Å²) in [6.45, 7) is 1.71. The van der Waals surface area contributed by atoms with Gasteiger partial charge in [-0.25, -0.2) is 4.98 Å². The van der Waals surface area contributed by atoms with Crippen LogP contribution >= 0.6 is 0 Å². The highest BCUT2D eigenvalue weighted by molar-refractivity contribution is 5.82. The topological polar surface area (TPSA) is 84.7 Å². The zero-order chi connectivity index (χ0) is 11.8. The quantitative estimate of drug-likeness (QED) is 0.678. The van der Waals surface area contributed by atoms with E-state index in [-0.39, 0.29) is 5.56 Å². The molecular formula is C11H8N4O2. The van der Waals surface area contributed by atoms with Gasteiger partial charge in [-0.05, 0) is 18.2 Å². The Bertz CT molecular complexity index is 744. The van der Waals surface area contributed by atoms with Crippen LogP contribution in [0.5, 0.6) is 0 Å². The summed E-state index contributed by atoms with van der Waals surface area (Å²) in [5, 5.41) is 4.31. The Labute approximate surface area is 95.3 Å². The molecule has 84 valence electrons. The maximum Gasteiger partial charge on any atom is 0.258 e. The maximum atomic E-state index is 11.6. The summed E-state index contributed by atoms with van der Waals surface area (Å²) in [6.07, 6.45) is 1.38. The van der Waals surface area contributed by atoms with Crippen LogP contribution in [0.15, 0.2) is 33.8 Å². The van der Waals surface area contributed by atoms with Gasteiger partial charge in [0.15, 0.2) is 0 Å². The second kappa shape index (κ2) is 3.51. The van der Waals surface area contributed by atoms with E-state index in [0.717, 1.165) is 5.56 Å². The monoisotopic (exact) mass is 228 g/mol. The Morgan fingerprint density at radius 2 is 2.24 bits per heavy atom. The van der Waals surface area contributed by atoms with Crippen LogP contribution in [-0.4, -0.2) is 20.1 Å². The van der Waals surface area contributed by atoms with Crippen molar-refractivity contribution in [2.24, 2.45) is 0 Å². The summed E-state index contributed by atoms with van der Waals surface area (Å²) in [5.41, 5.74) is 1.18. The molecule has 3 aromatic rings. The van der Waals surface area contributed by atoms with E-state index in [1.54, 1.807) is 25.1 Å². The molecule has 3 rings (SSSR count). The summed E-state index contributed by atoms with van der Waals surface area (Å²) in [5.74, 6) is 0.952. The van der Waals surface area contributed by atoms with E-state index < -0.39 is 0 Å². The van der Waals surface area contributed by atoms with E-state index >= 15 is 0 Å². The molecule has 0 fully saturated rings. The summed E-state index contributed by atoms with van der Waals surface area (Å²) >= 11 is 0. The predicted octanol–water partition coefficient (Wildman–Crippen LogP) is 1.28. The molecule has 0 saturated heterocycles. The van der Waals surface area contributed by atoms with Gasteiger partial charge in [-0.3, -0.25) is 4.79 Å².